The van der Waals surface area contributed by atoms with E-state index in [9.17, 15) is 14.0 Å². The molecule has 1 atom stereocenters. The molecule has 2 aromatic carbocycles. The normalized spacial score (nSPS) is 14.7. The van der Waals surface area contributed by atoms with Gasteiger partial charge in [0.2, 0.25) is 0 Å². The van der Waals surface area contributed by atoms with Crippen LogP contribution in [0.25, 0.3) is 5.69 Å². The summed E-state index contributed by atoms with van der Waals surface area (Å²) in [5, 5.41) is 3.14. The third-order valence-corrected chi connectivity index (χ3v) is 7.08. The van der Waals surface area contributed by atoms with Gasteiger partial charge in [-0.2, -0.15) is 0 Å². The smallest absolute Gasteiger partial charge is 0.269 e. The minimum atomic E-state index is -0.316. The molecule has 1 aliphatic rings. The first-order valence-corrected chi connectivity index (χ1v) is 11.2. The van der Waals surface area contributed by atoms with E-state index in [0.29, 0.717) is 27.0 Å². The number of carbonyl (C=O) groups is 1. The Kier molecular flexibility index (Phi) is 6.10. The maximum Gasteiger partial charge on any atom is 0.269 e. The molecule has 1 heterocycles. The van der Waals surface area contributed by atoms with Gasteiger partial charge in [0, 0.05) is 11.4 Å². The molecule has 1 unspecified atom stereocenters. The zero-order valence-corrected chi connectivity index (χ0v) is 19.1. The number of para-hydroxylation sites is 1. The van der Waals surface area contributed by atoms with Crippen LogP contribution in [0.2, 0.25) is 0 Å². The highest BCUT2D eigenvalue weighted by molar-refractivity contribution is 9.10. The van der Waals surface area contributed by atoms with Crippen LogP contribution in [-0.2, 0) is 0 Å². The first kappa shape index (κ1) is 21.5. The molecule has 4 rings (SSSR count). The van der Waals surface area contributed by atoms with E-state index in [-0.39, 0.29) is 29.2 Å². The number of halogens is 2. The molecule has 1 fully saturated rings. The second-order valence-electron chi connectivity index (χ2n) is 8.07. The molecular weight excluding hydrogens is 459 g/mol. The van der Waals surface area contributed by atoms with E-state index in [1.807, 2.05) is 36.4 Å². The molecule has 1 amide bonds. The Balaban J connectivity index is 1.77. The van der Waals surface area contributed by atoms with Gasteiger partial charge in [-0.1, -0.05) is 36.8 Å². The molecule has 0 saturated heterocycles. The average molecular weight is 483 g/mol. The Morgan fingerprint density at radius 3 is 2.45 bits per heavy atom. The predicted molar refractivity (Wildman–Crippen MR) is 123 cm³/mol. The van der Waals surface area contributed by atoms with Crippen LogP contribution in [0.5, 0.6) is 0 Å². The summed E-state index contributed by atoms with van der Waals surface area (Å²) >= 11 is 3.39. The van der Waals surface area contributed by atoms with Crippen molar-refractivity contribution in [2.75, 3.05) is 0 Å². The van der Waals surface area contributed by atoms with Crippen molar-refractivity contribution in [2.45, 2.75) is 39.2 Å². The number of hydrogen-bond acceptors (Lipinski definition) is 2. The molecule has 1 N–H and O–H groups in total. The summed E-state index contributed by atoms with van der Waals surface area (Å²) in [5.74, 6) is -0.305. The van der Waals surface area contributed by atoms with Crippen molar-refractivity contribution in [1.29, 1.82) is 0 Å². The monoisotopic (exact) mass is 482 g/mol. The molecule has 0 aliphatic heterocycles. The molecule has 0 spiro atoms. The van der Waals surface area contributed by atoms with Gasteiger partial charge >= 0.3 is 0 Å². The van der Waals surface area contributed by atoms with Crippen molar-refractivity contribution in [2.24, 2.45) is 5.92 Å². The molecule has 1 aromatic heterocycles. The van der Waals surface area contributed by atoms with Crippen LogP contribution in [0.15, 0.2) is 63.9 Å². The molecular formula is C25H24BrFN2O2. The molecule has 6 heteroatoms. The number of amides is 1. The fraction of sp³-hybridized carbons (Fsp3) is 0.280. The van der Waals surface area contributed by atoms with Crippen molar-refractivity contribution < 1.29 is 9.18 Å². The summed E-state index contributed by atoms with van der Waals surface area (Å²) in [4.78, 5) is 26.5. The molecule has 4 nitrogen and oxygen atoms in total. The molecule has 160 valence electrons. The number of carbonyl (C=O) groups excluding carboxylic acids is 1. The van der Waals surface area contributed by atoms with Crippen LogP contribution in [0.1, 0.15) is 52.5 Å². The van der Waals surface area contributed by atoms with Crippen molar-refractivity contribution in [1.82, 2.24) is 9.88 Å². The average Bonchev–Trinajstić information content (AvgIpc) is 2.71. The third-order valence-electron chi connectivity index (χ3n) is 6.15. The largest absolute Gasteiger partial charge is 0.345 e. The summed E-state index contributed by atoms with van der Waals surface area (Å²) in [6, 6.07) is 15.4. The third kappa shape index (κ3) is 4.09. The van der Waals surface area contributed by atoms with Crippen molar-refractivity contribution in [3.05, 3.63) is 97.6 Å². The number of nitrogens with one attached hydrogen (secondary N) is 1. The van der Waals surface area contributed by atoms with Crippen LogP contribution in [-0.4, -0.2) is 10.5 Å². The minimum absolute atomic E-state index is 0.210. The summed E-state index contributed by atoms with van der Waals surface area (Å²) in [5.41, 5.74) is 2.87. The van der Waals surface area contributed by atoms with Gasteiger partial charge in [0.05, 0.1) is 16.1 Å². The minimum Gasteiger partial charge on any atom is -0.345 e. The van der Waals surface area contributed by atoms with Gasteiger partial charge in [-0.15, -0.1) is 0 Å². The predicted octanol–water partition coefficient (Wildman–Crippen LogP) is 5.63. The first-order valence-electron chi connectivity index (χ1n) is 10.4. The molecule has 0 radical (unpaired) electrons. The van der Waals surface area contributed by atoms with Gasteiger partial charge in [-0.3, -0.25) is 14.2 Å². The lowest BCUT2D eigenvalue weighted by molar-refractivity contribution is 0.0898. The van der Waals surface area contributed by atoms with Gasteiger partial charge < -0.3 is 5.32 Å². The quantitative estimate of drug-likeness (QED) is 0.512. The second-order valence-corrected chi connectivity index (χ2v) is 8.87. The lowest BCUT2D eigenvalue weighted by Crippen LogP contribution is -2.38. The van der Waals surface area contributed by atoms with Crippen LogP contribution in [0.3, 0.4) is 0 Å². The summed E-state index contributed by atoms with van der Waals surface area (Å²) in [6.07, 6.45) is 3.09. The second kappa shape index (κ2) is 8.79. The molecule has 0 bridgehead atoms. The lowest BCUT2D eigenvalue weighted by Gasteiger charge is -2.35. The Labute approximate surface area is 189 Å². The summed E-state index contributed by atoms with van der Waals surface area (Å²) in [6.45, 7) is 3.55. The van der Waals surface area contributed by atoms with Gasteiger partial charge in [0.15, 0.2) is 0 Å². The van der Waals surface area contributed by atoms with E-state index in [1.54, 1.807) is 24.5 Å². The van der Waals surface area contributed by atoms with Gasteiger partial charge in [-0.05, 0) is 83.9 Å². The number of pyridine rings is 1. The summed E-state index contributed by atoms with van der Waals surface area (Å²) < 4.78 is 15.8. The first-order chi connectivity index (χ1) is 14.9. The molecule has 1 saturated carbocycles. The van der Waals surface area contributed by atoms with E-state index in [4.69, 9.17) is 0 Å². The Hall–Kier alpha value is -2.73. The van der Waals surface area contributed by atoms with Crippen LogP contribution < -0.4 is 10.9 Å². The standard InChI is InChI=1S/C25H24BrFN2O2/c1-15-21(16(2)29(25(31)22(15)26)20-12-4-3-5-13-20)24(30)28-23(17-8-6-9-17)18-10-7-11-19(27)14-18/h3-5,7,10-14,17,23H,6,8-9H2,1-2H3,(H,28,30). The number of nitrogens with zero attached hydrogens (tertiary/aromatic N) is 1. The van der Waals surface area contributed by atoms with Crippen molar-refractivity contribution >= 4 is 21.8 Å². The van der Waals surface area contributed by atoms with E-state index in [2.05, 4.69) is 21.2 Å². The van der Waals surface area contributed by atoms with Crippen LogP contribution >= 0.6 is 15.9 Å². The van der Waals surface area contributed by atoms with E-state index in [0.717, 1.165) is 24.8 Å². The summed E-state index contributed by atoms with van der Waals surface area (Å²) in [7, 11) is 0. The number of rotatable bonds is 5. The van der Waals surface area contributed by atoms with E-state index >= 15 is 0 Å². The van der Waals surface area contributed by atoms with Gasteiger partial charge in [-0.25, -0.2) is 4.39 Å². The Bertz CT molecular complexity index is 1190. The number of aromatic nitrogens is 1. The lowest BCUT2D eigenvalue weighted by atomic mass is 9.77. The maximum atomic E-state index is 13.9. The number of hydrogen-bond donors (Lipinski definition) is 1. The molecule has 3 aromatic rings. The molecule has 1 aliphatic carbocycles. The fourth-order valence-electron chi connectivity index (χ4n) is 4.29. The van der Waals surface area contributed by atoms with Crippen LogP contribution in [0.4, 0.5) is 4.39 Å². The van der Waals surface area contributed by atoms with E-state index < -0.39 is 0 Å². The zero-order chi connectivity index (χ0) is 22.1. The Morgan fingerprint density at radius 1 is 1.13 bits per heavy atom. The van der Waals surface area contributed by atoms with Crippen molar-refractivity contribution in [3.8, 4) is 5.69 Å². The zero-order valence-electron chi connectivity index (χ0n) is 17.5. The fourth-order valence-corrected chi connectivity index (χ4v) is 4.66. The molecule has 31 heavy (non-hydrogen) atoms. The topological polar surface area (TPSA) is 51.1 Å². The highest BCUT2D eigenvalue weighted by Crippen LogP contribution is 2.38. The highest BCUT2D eigenvalue weighted by Gasteiger charge is 2.31. The SMILES string of the molecule is Cc1c(C(=O)NC(c2cccc(F)c2)C2CCC2)c(C)n(-c2ccccc2)c(=O)c1Br. The maximum absolute atomic E-state index is 13.9. The van der Waals surface area contributed by atoms with Crippen molar-refractivity contribution in [3.63, 3.8) is 0 Å². The van der Waals surface area contributed by atoms with Gasteiger partial charge in [0.25, 0.3) is 11.5 Å². The highest BCUT2D eigenvalue weighted by atomic mass is 79.9. The Morgan fingerprint density at radius 2 is 1.84 bits per heavy atom. The number of benzene rings is 2. The van der Waals surface area contributed by atoms with E-state index in [1.165, 1.54) is 12.1 Å². The van der Waals surface area contributed by atoms with Crippen LogP contribution in [0, 0.1) is 25.6 Å². The van der Waals surface area contributed by atoms with Gasteiger partial charge in [0.1, 0.15) is 5.82 Å².